The lowest BCUT2D eigenvalue weighted by atomic mass is 10.2. The molecule has 0 aromatic heterocycles. The quantitative estimate of drug-likeness (QED) is 0.618. The number of nitrogens with one attached hydrogen (secondary N) is 1. The van der Waals surface area contributed by atoms with Crippen molar-refractivity contribution in [3.63, 3.8) is 0 Å². The molecule has 1 rings (SSSR count). The lowest BCUT2D eigenvalue weighted by molar-refractivity contribution is 0.126. The zero-order chi connectivity index (χ0) is 12.7. The van der Waals surface area contributed by atoms with Crippen molar-refractivity contribution in [1.29, 1.82) is 0 Å². The maximum Gasteiger partial charge on any atom is 0.214 e. The van der Waals surface area contributed by atoms with Gasteiger partial charge in [0.05, 0.1) is 18.5 Å². The van der Waals surface area contributed by atoms with Gasteiger partial charge in [-0.25, -0.2) is 13.1 Å². The van der Waals surface area contributed by atoms with Gasteiger partial charge in [-0.1, -0.05) is 0 Å². The molecule has 0 amide bonds. The second-order valence-corrected chi connectivity index (χ2v) is 6.00. The number of hydrogen-bond acceptors (Lipinski definition) is 5. The number of ether oxygens (including phenoxy) is 2. The lowest BCUT2D eigenvalue weighted by Gasteiger charge is -2.18. The second kappa shape index (κ2) is 7.27. The summed E-state index contributed by atoms with van der Waals surface area (Å²) in [5.74, 6) is -0.0152. The number of aliphatic hydroxyl groups is 1. The largest absolute Gasteiger partial charge is 0.396 e. The maximum atomic E-state index is 11.8. The summed E-state index contributed by atoms with van der Waals surface area (Å²) in [7, 11) is -1.88. The van der Waals surface area contributed by atoms with Gasteiger partial charge in [0, 0.05) is 26.4 Å². The van der Waals surface area contributed by atoms with Gasteiger partial charge in [0.15, 0.2) is 0 Å². The minimum Gasteiger partial charge on any atom is -0.396 e. The summed E-state index contributed by atoms with van der Waals surface area (Å²) >= 11 is 0. The highest BCUT2D eigenvalue weighted by Gasteiger charge is 2.25. The fourth-order valence-corrected chi connectivity index (χ4v) is 3.40. The van der Waals surface area contributed by atoms with E-state index in [0.717, 1.165) is 12.8 Å². The first-order chi connectivity index (χ1) is 8.07. The van der Waals surface area contributed by atoms with Gasteiger partial charge >= 0.3 is 0 Å². The number of rotatable bonds is 8. The lowest BCUT2D eigenvalue weighted by Crippen LogP contribution is -2.41. The molecule has 2 unspecified atom stereocenters. The van der Waals surface area contributed by atoms with Gasteiger partial charge < -0.3 is 14.6 Å². The molecule has 17 heavy (non-hydrogen) atoms. The fourth-order valence-electron chi connectivity index (χ4n) is 1.86. The molecule has 1 aliphatic heterocycles. The Bertz CT molecular complexity index is 294. The van der Waals surface area contributed by atoms with Crippen molar-refractivity contribution in [3.05, 3.63) is 0 Å². The topological polar surface area (TPSA) is 84.9 Å². The molecule has 0 aliphatic carbocycles. The normalized spacial score (nSPS) is 22.8. The van der Waals surface area contributed by atoms with E-state index in [4.69, 9.17) is 14.6 Å². The third-order valence-electron chi connectivity index (χ3n) is 2.62. The molecule has 7 heteroatoms. The Kier molecular flexibility index (Phi) is 6.35. The van der Waals surface area contributed by atoms with Gasteiger partial charge in [-0.05, 0) is 19.3 Å². The highest BCUT2D eigenvalue weighted by Crippen LogP contribution is 2.13. The number of methoxy groups -OCH3 is 1. The first-order valence-electron chi connectivity index (χ1n) is 5.79. The Labute approximate surface area is 102 Å². The zero-order valence-corrected chi connectivity index (χ0v) is 10.9. The van der Waals surface area contributed by atoms with E-state index in [1.807, 2.05) is 0 Å². The van der Waals surface area contributed by atoms with Crippen molar-refractivity contribution in [2.45, 2.75) is 31.4 Å². The van der Waals surface area contributed by atoms with Crippen LogP contribution in [-0.4, -0.2) is 58.4 Å². The highest BCUT2D eigenvalue weighted by atomic mass is 32.2. The standard InChI is InChI=1S/C10H21NO5S/c1-15-7-9(4-5-12)11-17(13,14)8-10-3-2-6-16-10/h9-12H,2-8H2,1H3. The van der Waals surface area contributed by atoms with Gasteiger partial charge in [-0.15, -0.1) is 0 Å². The summed E-state index contributed by atoms with van der Waals surface area (Å²) in [5, 5.41) is 8.83. The van der Waals surface area contributed by atoms with E-state index < -0.39 is 10.0 Å². The highest BCUT2D eigenvalue weighted by molar-refractivity contribution is 7.89. The van der Waals surface area contributed by atoms with Gasteiger partial charge in [-0.2, -0.15) is 0 Å². The van der Waals surface area contributed by atoms with E-state index in [9.17, 15) is 8.42 Å². The average Bonchev–Trinajstić information content (AvgIpc) is 2.69. The SMILES string of the molecule is COCC(CCO)NS(=O)(=O)CC1CCCO1. The Balaban J connectivity index is 2.44. The first-order valence-corrected chi connectivity index (χ1v) is 7.44. The van der Waals surface area contributed by atoms with Crippen LogP contribution in [0.25, 0.3) is 0 Å². The zero-order valence-electron chi connectivity index (χ0n) is 10.1. The molecule has 0 aromatic carbocycles. The smallest absolute Gasteiger partial charge is 0.214 e. The van der Waals surface area contributed by atoms with E-state index in [1.165, 1.54) is 7.11 Å². The van der Waals surface area contributed by atoms with Crippen LogP contribution in [0.1, 0.15) is 19.3 Å². The summed E-state index contributed by atoms with van der Waals surface area (Å²) in [6.07, 6.45) is 1.84. The molecule has 102 valence electrons. The van der Waals surface area contributed by atoms with Crippen LogP contribution in [0.2, 0.25) is 0 Å². The van der Waals surface area contributed by atoms with E-state index in [0.29, 0.717) is 13.0 Å². The van der Waals surface area contributed by atoms with Crippen molar-refractivity contribution in [3.8, 4) is 0 Å². The van der Waals surface area contributed by atoms with Crippen LogP contribution in [0.5, 0.6) is 0 Å². The molecular weight excluding hydrogens is 246 g/mol. The van der Waals surface area contributed by atoms with E-state index in [1.54, 1.807) is 0 Å². The molecule has 1 aliphatic rings. The number of sulfonamides is 1. The Hall–Kier alpha value is -0.210. The molecule has 2 N–H and O–H groups in total. The van der Waals surface area contributed by atoms with Crippen LogP contribution < -0.4 is 4.72 Å². The molecule has 1 heterocycles. The van der Waals surface area contributed by atoms with E-state index in [2.05, 4.69) is 4.72 Å². The van der Waals surface area contributed by atoms with Crippen molar-refractivity contribution in [1.82, 2.24) is 4.72 Å². The van der Waals surface area contributed by atoms with Crippen molar-refractivity contribution < 1.29 is 23.0 Å². The maximum absolute atomic E-state index is 11.8. The summed E-state index contributed by atoms with van der Waals surface area (Å²) in [6, 6.07) is -0.378. The molecule has 6 nitrogen and oxygen atoms in total. The predicted molar refractivity (Wildman–Crippen MR) is 63.3 cm³/mol. The van der Waals surface area contributed by atoms with Crippen LogP contribution in [0, 0.1) is 0 Å². The van der Waals surface area contributed by atoms with Crippen LogP contribution >= 0.6 is 0 Å². The summed E-state index contributed by atoms with van der Waals surface area (Å²) < 4.78 is 36.4. The molecule has 1 saturated heterocycles. The van der Waals surface area contributed by atoms with Crippen LogP contribution in [0.3, 0.4) is 0 Å². The molecule has 0 saturated carbocycles. The minimum atomic E-state index is -3.37. The third-order valence-corrected chi connectivity index (χ3v) is 4.12. The Morgan fingerprint density at radius 1 is 1.59 bits per heavy atom. The molecule has 0 spiro atoms. The van der Waals surface area contributed by atoms with Gasteiger partial charge in [0.25, 0.3) is 0 Å². The van der Waals surface area contributed by atoms with Crippen molar-refractivity contribution >= 4 is 10.0 Å². The summed E-state index contributed by atoms with van der Waals surface area (Å²) in [4.78, 5) is 0. The van der Waals surface area contributed by atoms with Gasteiger partial charge in [-0.3, -0.25) is 0 Å². The van der Waals surface area contributed by atoms with Crippen molar-refractivity contribution in [2.24, 2.45) is 0 Å². The molecule has 0 radical (unpaired) electrons. The Morgan fingerprint density at radius 3 is 2.88 bits per heavy atom. The summed E-state index contributed by atoms with van der Waals surface area (Å²) in [5.41, 5.74) is 0. The number of aliphatic hydroxyl groups excluding tert-OH is 1. The molecular formula is C10H21NO5S. The van der Waals surface area contributed by atoms with Crippen molar-refractivity contribution in [2.75, 3.05) is 32.7 Å². The molecule has 2 atom stereocenters. The van der Waals surface area contributed by atoms with Crippen LogP contribution in [0.4, 0.5) is 0 Å². The van der Waals surface area contributed by atoms with Crippen LogP contribution in [-0.2, 0) is 19.5 Å². The van der Waals surface area contributed by atoms with E-state index in [-0.39, 0.29) is 31.1 Å². The van der Waals surface area contributed by atoms with Gasteiger partial charge in [0.2, 0.25) is 10.0 Å². The minimum absolute atomic E-state index is 0.0152. The second-order valence-electron chi connectivity index (χ2n) is 4.20. The first kappa shape index (κ1) is 14.8. The monoisotopic (exact) mass is 267 g/mol. The predicted octanol–water partition coefficient (Wildman–Crippen LogP) is -0.518. The average molecular weight is 267 g/mol. The molecule has 1 fully saturated rings. The van der Waals surface area contributed by atoms with E-state index >= 15 is 0 Å². The fraction of sp³-hybridized carbons (Fsp3) is 1.00. The van der Waals surface area contributed by atoms with Gasteiger partial charge in [0.1, 0.15) is 0 Å². The number of hydrogen-bond donors (Lipinski definition) is 2. The summed E-state index contributed by atoms with van der Waals surface area (Å²) in [6.45, 7) is 0.820. The van der Waals surface area contributed by atoms with Crippen LogP contribution in [0.15, 0.2) is 0 Å². The Morgan fingerprint density at radius 2 is 2.35 bits per heavy atom. The third kappa shape index (κ3) is 5.78. The molecule has 0 aromatic rings. The molecule has 0 bridgehead atoms.